The summed E-state index contributed by atoms with van der Waals surface area (Å²) in [7, 11) is 0. The predicted molar refractivity (Wildman–Crippen MR) is 89.9 cm³/mol. The van der Waals surface area contributed by atoms with Crippen molar-refractivity contribution in [3.8, 4) is 5.75 Å². The van der Waals surface area contributed by atoms with Gasteiger partial charge in [0, 0.05) is 12.6 Å². The van der Waals surface area contributed by atoms with Crippen molar-refractivity contribution in [1.29, 1.82) is 0 Å². The van der Waals surface area contributed by atoms with Crippen LogP contribution in [0, 0.1) is 13.8 Å². The maximum absolute atomic E-state index is 5.99. The second-order valence-electron chi connectivity index (χ2n) is 6.20. The molecular weight excluding hydrogens is 258 g/mol. The fourth-order valence-electron chi connectivity index (χ4n) is 2.66. The molecule has 2 nitrogen and oxygen atoms in total. The lowest BCUT2D eigenvalue weighted by molar-refractivity contribution is 0.301. The van der Waals surface area contributed by atoms with Crippen LogP contribution in [-0.4, -0.2) is 12.6 Å². The summed E-state index contributed by atoms with van der Waals surface area (Å²) in [6.07, 6.45) is 9.34. The van der Waals surface area contributed by atoms with Crippen LogP contribution in [0.1, 0.15) is 55.2 Å². The molecule has 116 valence electrons. The number of ether oxygens (including phenoxy) is 1. The van der Waals surface area contributed by atoms with Gasteiger partial charge < -0.3 is 10.1 Å². The summed E-state index contributed by atoms with van der Waals surface area (Å²) < 4.78 is 5.99. The van der Waals surface area contributed by atoms with Gasteiger partial charge in [-0.2, -0.15) is 0 Å². The summed E-state index contributed by atoms with van der Waals surface area (Å²) in [6.45, 7) is 9.86. The van der Waals surface area contributed by atoms with Crippen LogP contribution in [0.5, 0.6) is 5.75 Å². The van der Waals surface area contributed by atoms with E-state index < -0.39 is 0 Å². The van der Waals surface area contributed by atoms with E-state index in [4.69, 9.17) is 4.74 Å². The predicted octanol–water partition coefficient (Wildman–Crippen LogP) is 4.68. The Morgan fingerprint density at radius 2 is 1.90 bits per heavy atom. The van der Waals surface area contributed by atoms with Crippen molar-refractivity contribution < 1.29 is 4.74 Å². The third kappa shape index (κ3) is 5.55. The first-order chi connectivity index (χ1) is 10.2. The van der Waals surface area contributed by atoms with E-state index in [9.17, 15) is 0 Å². The highest BCUT2D eigenvalue weighted by atomic mass is 16.5. The zero-order valence-corrected chi connectivity index (χ0v) is 13.6. The number of hydrogen-bond donors (Lipinski definition) is 1. The summed E-state index contributed by atoms with van der Waals surface area (Å²) >= 11 is 0. The van der Waals surface area contributed by atoms with Crippen LogP contribution in [0.15, 0.2) is 24.8 Å². The molecule has 0 saturated heterocycles. The Labute approximate surface area is 129 Å². The monoisotopic (exact) mass is 287 g/mol. The smallest absolute Gasteiger partial charge is 0.125 e. The number of unbranched alkanes of at least 4 members (excludes halogenated alkanes) is 3. The molecule has 2 rings (SSSR count). The third-order valence-corrected chi connectivity index (χ3v) is 3.99. The Kier molecular flexibility index (Phi) is 6.31. The molecule has 1 N–H and O–H groups in total. The molecule has 21 heavy (non-hydrogen) atoms. The van der Waals surface area contributed by atoms with Gasteiger partial charge in [0.05, 0.1) is 6.61 Å². The Hall–Kier alpha value is -1.28. The van der Waals surface area contributed by atoms with E-state index in [0.717, 1.165) is 37.8 Å². The van der Waals surface area contributed by atoms with Crippen LogP contribution >= 0.6 is 0 Å². The summed E-state index contributed by atoms with van der Waals surface area (Å²) in [6, 6.07) is 5.28. The average molecular weight is 287 g/mol. The lowest BCUT2D eigenvalue weighted by Crippen LogP contribution is -2.15. The average Bonchev–Trinajstić information content (AvgIpc) is 3.27. The van der Waals surface area contributed by atoms with E-state index in [2.05, 4.69) is 37.9 Å². The zero-order valence-electron chi connectivity index (χ0n) is 13.6. The van der Waals surface area contributed by atoms with E-state index in [0.29, 0.717) is 0 Å². The molecule has 0 aromatic heterocycles. The minimum absolute atomic E-state index is 0.761. The summed E-state index contributed by atoms with van der Waals surface area (Å²) in [5.74, 6) is 1.08. The van der Waals surface area contributed by atoms with E-state index in [1.54, 1.807) is 0 Å². The fourth-order valence-corrected chi connectivity index (χ4v) is 2.66. The summed E-state index contributed by atoms with van der Waals surface area (Å²) in [4.78, 5) is 0. The van der Waals surface area contributed by atoms with Crippen LogP contribution in [0.25, 0.3) is 0 Å². The number of allylic oxidation sites excluding steroid dienone is 1. The molecule has 1 aliphatic rings. The van der Waals surface area contributed by atoms with E-state index >= 15 is 0 Å². The lowest BCUT2D eigenvalue weighted by Gasteiger charge is -2.14. The Morgan fingerprint density at radius 1 is 1.19 bits per heavy atom. The zero-order chi connectivity index (χ0) is 15.1. The molecule has 0 amide bonds. The minimum Gasteiger partial charge on any atom is -0.493 e. The highest BCUT2D eigenvalue weighted by Crippen LogP contribution is 2.26. The highest BCUT2D eigenvalue weighted by Gasteiger charge is 2.20. The number of rotatable bonds is 10. The minimum atomic E-state index is 0.761. The van der Waals surface area contributed by atoms with Crippen molar-refractivity contribution in [2.75, 3.05) is 6.61 Å². The molecule has 1 fully saturated rings. The normalized spacial score (nSPS) is 14.2. The molecule has 2 heteroatoms. The van der Waals surface area contributed by atoms with Crippen molar-refractivity contribution in [1.82, 2.24) is 5.32 Å². The Morgan fingerprint density at radius 3 is 2.52 bits per heavy atom. The molecule has 1 aliphatic carbocycles. The fraction of sp³-hybridized carbons (Fsp3) is 0.579. The first-order valence-corrected chi connectivity index (χ1v) is 8.28. The number of hydrogen-bond acceptors (Lipinski definition) is 2. The molecular formula is C19H29NO. The maximum atomic E-state index is 5.99. The number of benzene rings is 1. The highest BCUT2D eigenvalue weighted by molar-refractivity contribution is 5.43. The first kappa shape index (κ1) is 16.1. The second kappa shape index (κ2) is 8.23. The Bertz CT molecular complexity index is 440. The third-order valence-electron chi connectivity index (χ3n) is 3.99. The molecule has 0 heterocycles. The first-order valence-electron chi connectivity index (χ1n) is 8.28. The van der Waals surface area contributed by atoms with Gasteiger partial charge in [-0.05, 0) is 69.1 Å². The molecule has 0 radical (unpaired) electrons. The van der Waals surface area contributed by atoms with Crippen LogP contribution in [0.3, 0.4) is 0 Å². The second-order valence-corrected chi connectivity index (χ2v) is 6.20. The lowest BCUT2D eigenvalue weighted by atomic mass is 10.1. The molecule has 1 aromatic carbocycles. The molecule has 0 spiro atoms. The number of nitrogens with one attached hydrogen (secondary N) is 1. The van der Waals surface area contributed by atoms with Gasteiger partial charge >= 0.3 is 0 Å². The molecule has 0 aliphatic heterocycles. The quantitative estimate of drug-likeness (QED) is 0.498. The van der Waals surface area contributed by atoms with Crippen molar-refractivity contribution in [3.63, 3.8) is 0 Å². The van der Waals surface area contributed by atoms with E-state index in [1.807, 2.05) is 6.08 Å². The topological polar surface area (TPSA) is 21.3 Å². The van der Waals surface area contributed by atoms with Gasteiger partial charge in [-0.15, -0.1) is 6.58 Å². The van der Waals surface area contributed by atoms with Gasteiger partial charge in [0.2, 0.25) is 0 Å². The molecule has 0 unspecified atom stereocenters. The van der Waals surface area contributed by atoms with Crippen LogP contribution in [0.4, 0.5) is 0 Å². The van der Waals surface area contributed by atoms with Gasteiger partial charge in [-0.25, -0.2) is 0 Å². The van der Waals surface area contributed by atoms with Crippen molar-refractivity contribution in [3.05, 3.63) is 41.5 Å². The summed E-state index contributed by atoms with van der Waals surface area (Å²) in [5.41, 5.74) is 3.89. The van der Waals surface area contributed by atoms with Crippen LogP contribution in [0.2, 0.25) is 0 Å². The van der Waals surface area contributed by atoms with E-state index in [-0.39, 0.29) is 0 Å². The largest absolute Gasteiger partial charge is 0.493 e. The van der Waals surface area contributed by atoms with Crippen LogP contribution in [-0.2, 0) is 6.54 Å². The molecule has 0 atom stereocenters. The van der Waals surface area contributed by atoms with Gasteiger partial charge in [0.25, 0.3) is 0 Å². The molecule has 1 aromatic rings. The standard InChI is InChI=1S/C19H29NO/c1-4-5-6-7-8-11-21-19-15(2)12-17(13-16(19)3)14-20-18-9-10-18/h4,12-13,18,20H,1,5-11,14H2,2-3H3. The van der Waals surface area contributed by atoms with E-state index in [1.165, 1.54) is 42.4 Å². The van der Waals surface area contributed by atoms with Crippen molar-refractivity contribution in [2.45, 2.75) is 65.0 Å². The molecule has 0 bridgehead atoms. The van der Waals surface area contributed by atoms with Crippen LogP contribution < -0.4 is 10.1 Å². The SMILES string of the molecule is C=CCCCCCOc1c(C)cc(CNC2CC2)cc1C. The van der Waals surface area contributed by atoms with Gasteiger partial charge in [-0.3, -0.25) is 0 Å². The molecule has 1 saturated carbocycles. The summed E-state index contributed by atoms with van der Waals surface area (Å²) in [5, 5.41) is 3.57. The maximum Gasteiger partial charge on any atom is 0.125 e. The number of aryl methyl sites for hydroxylation is 2. The Balaban J connectivity index is 1.79. The van der Waals surface area contributed by atoms with Crippen molar-refractivity contribution in [2.24, 2.45) is 0 Å². The van der Waals surface area contributed by atoms with Gasteiger partial charge in [-0.1, -0.05) is 18.2 Å². The van der Waals surface area contributed by atoms with Crippen molar-refractivity contribution >= 4 is 0 Å². The van der Waals surface area contributed by atoms with Gasteiger partial charge in [0.1, 0.15) is 5.75 Å². The van der Waals surface area contributed by atoms with Gasteiger partial charge in [0.15, 0.2) is 0 Å².